The van der Waals surface area contributed by atoms with Gasteiger partial charge in [0.1, 0.15) is 0 Å². The predicted molar refractivity (Wildman–Crippen MR) is 77.7 cm³/mol. The fourth-order valence-electron chi connectivity index (χ4n) is 2.76. The Labute approximate surface area is 114 Å². The van der Waals surface area contributed by atoms with Crippen molar-refractivity contribution in [2.24, 2.45) is 0 Å². The zero-order chi connectivity index (χ0) is 13.2. The first-order valence-corrected chi connectivity index (χ1v) is 6.93. The van der Waals surface area contributed by atoms with E-state index in [2.05, 4.69) is 18.2 Å². The first-order chi connectivity index (χ1) is 9.22. The fourth-order valence-corrected chi connectivity index (χ4v) is 2.76. The summed E-state index contributed by atoms with van der Waals surface area (Å²) in [6.45, 7) is 2.04. The molecule has 0 atom stereocenters. The Morgan fingerprint density at radius 2 is 1.74 bits per heavy atom. The fraction of sp³-hybridized carbons (Fsp3) is 0.278. The molecule has 0 aromatic heterocycles. The van der Waals surface area contributed by atoms with Crippen molar-refractivity contribution in [1.82, 2.24) is 0 Å². The van der Waals surface area contributed by atoms with E-state index < -0.39 is 0 Å². The van der Waals surface area contributed by atoms with E-state index >= 15 is 0 Å². The Kier molecular flexibility index (Phi) is 3.20. The van der Waals surface area contributed by atoms with Crippen molar-refractivity contribution >= 4 is 5.78 Å². The molecule has 0 saturated heterocycles. The minimum Gasteiger partial charge on any atom is -0.294 e. The highest BCUT2D eigenvalue weighted by atomic mass is 16.1. The molecule has 3 rings (SSSR count). The summed E-state index contributed by atoms with van der Waals surface area (Å²) in [5.74, 6) is 0.206. The number of rotatable bonds is 3. The van der Waals surface area contributed by atoms with Crippen LogP contribution in [-0.4, -0.2) is 5.78 Å². The molecule has 2 aromatic carbocycles. The molecule has 1 aliphatic rings. The van der Waals surface area contributed by atoms with Gasteiger partial charge in [0.05, 0.1) is 0 Å². The quantitative estimate of drug-likeness (QED) is 0.755. The Bertz CT molecular complexity index is 608. The van der Waals surface area contributed by atoms with Crippen LogP contribution in [0.1, 0.15) is 39.0 Å². The number of hydrogen-bond acceptors (Lipinski definition) is 1. The second-order valence-electron chi connectivity index (χ2n) is 5.42. The van der Waals surface area contributed by atoms with E-state index in [0.717, 1.165) is 11.1 Å². The van der Waals surface area contributed by atoms with Crippen molar-refractivity contribution in [1.29, 1.82) is 0 Å². The van der Waals surface area contributed by atoms with E-state index in [1.807, 2.05) is 31.2 Å². The van der Waals surface area contributed by atoms with Crippen LogP contribution in [0.4, 0.5) is 0 Å². The van der Waals surface area contributed by atoms with Crippen LogP contribution >= 0.6 is 0 Å². The summed E-state index contributed by atoms with van der Waals surface area (Å²) in [7, 11) is 0. The molecule has 0 spiro atoms. The van der Waals surface area contributed by atoms with Crippen LogP contribution in [0, 0.1) is 6.92 Å². The van der Waals surface area contributed by atoms with E-state index in [1.165, 1.54) is 36.0 Å². The lowest BCUT2D eigenvalue weighted by Gasteiger charge is -2.05. The summed E-state index contributed by atoms with van der Waals surface area (Å²) in [4.78, 5) is 12.2. The molecule has 96 valence electrons. The lowest BCUT2D eigenvalue weighted by molar-refractivity contribution is 0.0993. The van der Waals surface area contributed by atoms with E-state index in [1.54, 1.807) is 0 Å². The van der Waals surface area contributed by atoms with Crippen LogP contribution < -0.4 is 0 Å². The smallest absolute Gasteiger partial charge is 0.167 e. The molecule has 1 aliphatic carbocycles. The van der Waals surface area contributed by atoms with Crippen LogP contribution in [0.25, 0.3) is 0 Å². The van der Waals surface area contributed by atoms with E-state index in [0.29, 0.717) is 6.42 Å². The van der Waals surface area contributed by atoms with Crippen molar-refractivity contribution in [2.45, 2.75) is 32.6 Å². The van der Waals surface area contributed by atoms with Crippen molar-refractivity contribution in [3.8, 4) is 0 Å². The monoisotopic (exact) mass is 250 g/mol. The number of carbonyl (C=O) groups is 1. The van der Waals surface area contributed by atoms with Crippen LogP contribution in [0.5, 0.6) is 0 Å². The van der Waals surface area contributed by atoms with Gasteiger partial charge in [-0.1, -0.05) is 48.0 Å². The summed E-state index contributed by atoms with van der Waals surface area (Å²) in [6, 6.07) is 14.4. The summed E-state index contributed by atoms with van der Waals surface area (Å²) >= 11 is 0. The number of fused-ring (bicyclic) bond motifs is 1. The van der Waals surface area contributed by atoms with Crippen molar-refractivity contribution in [2.75, 3.05) is 0 Å². The molecule has 0 bridgehead atoms. The van der Waals surface area contributed by atoms with Gasteiger partial charge in [-0.05, 0) is 42.9 Å². The first-order valence-electron chi connectivity index (χ1n) is 6.93. The normalized spacial score (nSPS) is 13.3. The minimum absolute atomic E-state index is 0.206. The lowest BCUT2D eigenvalue weighted by Crippen LogP contribution is -2.04. The molecular formula is C18H18O. The average Bonchev–Trinajstić information content (AvgIpc) is 2.87. The van der Waals surface area contributed by atoms with Gasteiger partial charge in [-0.15, -0.1) is 0 Å². The van der Waals surface area contributed by atoms with Crippen molar-refractivity contribution in [3.63, 3.8) is 0 Å². The highest BCUT2D eigenvalue weighted by Crippen LogP contribution is 2.23. The molecular weight excluding hydrogens is 232 g/mol. The Hall–Kier alpha value is -1.89. The number of Topliss-reactive ketones (excluding diaryl/α,β-unsaturated/α-hetero) is 1. The molecule has 0 fully saturated rings. The molecule has 0 saturated carbocycles. The maximum absolute atomic E-state index is 12.2. The van der Waals surface area contributed by atoms with Crippen LogP contribution in [0.3, 0.4) is 0 Å². The molecule has 0 amide bonds. The summed E-state index contributed by atoms with van der Waals surface area (Å²) in [5.41, 5.74) is 6.05. The third-order valence-corrected chi connectivity index (χ3v) is 3.90. The minimum atomic E-state index is 0.206. The Balaban J connectivity index is 1.77. The van der Waals surface area contributed by atoms with Crippen molar-refractivity contribution < 1.29 is 4.79 Å². The maximum atomic E-state index is 12.2. The van der Waals surface area contributed by atoms with Gasteiger partial charge in [0.25, 0.3) is 0 Å². The number of benzene rings is 2. The number of ketones is 1. The first kappa shape index (κ1) is 12.2. The van der Waals surface area contributed by atoms with Crippen LogP contribution in [-0.2, 0) is 19.3 Å². The number of aryl methyl sites for hydroxylation is 3. The van der Waals surface area contributed by atoms with Gasteiger partial charge in [0, 0.05) is 12.0 Å². The molecule has 0 heterocycles. The molecule has 0 N–H and O–H groups in total. The van der Waals surface area contributed by atoms with Gasteiger partial charge in [-0.2, -0.15) is 0 Å². The van der Waals surface area contributed by atoms with Gasteiger partial charge in [-0.25, -0.2) is 0 Å². The molecule has 19 heavy (non-hydrogen) atoms. The second kappa shape index (κ2) is 5.00. The SMILES string of the molecule is Cc1ccc(C(=O)Cc2ccc3c(c2)CCC3)cc1. The van der Waals surface area contributed by atoms with Crippen LogP contribution in [0.15, 0.2) is 42.5 Å². The highest BCUT2D eigenvalue weighted by molar-refractivity contribution is 5.97. The third-order valence-electron chi connectivity index (χ3n) is 3.90. The maximum Gasteiger partial charge on any atom is 0.167 e. The summed E-state index contributed by atoms with van der Waals surface area (Å²) < 4.78 is 0. The largest absolute Gasteiger partial charge is 0.294 e. The zero-order valence-corrected chi connectivity index (χ0v) is 11.3. The number of carbonyl (C=O) groups excluding carboxylic acids is 1. The molecule has 2 aromatic rings. The van der Waals surface area contributed by atoms with Gasteiger partial charge in [0.15, 0.2) is 5.78 Å². The predicted octanol–water partition coefficient (Wildman–Crippen LogP) is 3.91. The Morgan fingerprint density at radius 1 is 1.00 bits per heavy atom. The number of hydrogen-bond donors (Lipinski definition) is 0. The van der Waals surface area contributed by atoms with E-state index in [9.17, 15) is 4.79 Å². The third kappa shape index (κ3) is 2.60. The van der Waals surface area contributed by atoms with E-state index in [-0.39, 0.29) is 5.78 Å². The topological polar surface area (TPSA) is 17.1 Å². The standard InChI is InChI=1S/C18H18O/c1-13-5-8-16(9-6-13)18(19)12-14-7-10-15-3-2-4-17(15)11-14/h5-11H,2-4,12H2,1H3. The van der Waals surface area contributed by atoms with E-state index in [4.69, 9.17) is 0 Å². The molecule has 0 radical (unpaired) electrons. The molecule has 1 nitrogen and oxygen atoms in total. The van der Waals surface area contributed by atoms with Crippen LogP contribution in [0.2, 0.25) is 0 Å². The second-order valence-corrected chi connectivity index (χ2v) is 5.42. The highest BCUT2D eigenvalue weighted by Gasteiger charge is 2.12. The van der Waals surface area contributed by atoms with Gasteiger partial charge >= 0.3 is 0 Å². The average molecular weight is 250 g/mol. The van der Waals surface area contributed by atoms with Gasteiger partial charge in [-0.3, -0.25) is 4.79 Å². The van der Waals surface area contributed by atoms with Gasteiger partial charge in [0.2, 0.25) is 0 Å². The molecule has 0 aliphatic heterocycles. The van der Waals surface area contributed by atoms with Gasteiger partial charge < -0.3 is 0 Å². The summed E-state index contributed by atoms with van der Waals surface area (Å²) in [6.07, 6.45) is 4.13. The van der Waals surface area contributed by atoms with Crippen molar-refractivity contribution in [3.05, 3.63) is 70.3 Å². The Morgan fingerprint density at radius 3 is 2.53 bits per heavy atom. The zero-order valence-electron chi connectivity index (χ0n) is 11.3. The lowest BCUT2D eigenvalue weighted by atomic mass is 9.99. The molecule has 0 unspecified atom stereocenters. The molecule has 1 heteroatoms. The summed E-state index contributed by atoms with van der Waals surface area (Å²) in [5, 5.41) is 0.